The van der Waals surface area contributed by atoms with Gasteiger partial charge in [0.05, 0.1) is 18.1 Å². The molecular weight excluding hydrogens is 304 g/mol. The van der Waals surface area contributed by atoms with Gasteiger partial charge in [-0.15, -0.1) is 0 Å². The van der Waals surface area contributed by atoms with E-state index in [2.05, 4.69) is 9.82 Å². The topological polar surface area (TPSA) is 84.3 Å². The first kappa shape index (κ1) is 15.3. The van der Waals surface area contributed by atoms with Crippen LogP contribution in [0, 0.1) is 0 Å². The standard InChI is InChI=1S/C11H17ClN4O3S/c1-15-11(17)10(12)9(6-13-15)16-5-3-4-8(7-16)14-20(2,18)19/h6,8,14H,3-5,7H2,1-2H3/t8-/m0/s1. The molecule has 1 N–H and O–H groups in total. The number of piperidine rings is 1. The van der Waals surface area contributed by atoms with Crippen LogP contribution >= 0.6 is 11.6 Å². The first-order chi connectivity index (χ1) is 9.28. The minimum atomic E-state index is -3.25. The largest absolute Gasteiger partial charge is 0.367 e. The monoisotopic (exact) mass is 320 g/mol. The van der Waals surface area contributed by atoms with E-state index in [-0.39, 0.29) is 16.6 Å². The van der Waals surface area contributed by atoms with Crippen molar-refractivity contribution in [3.05, 3.63) is 21.6 Å². The van der Waals surface area contributed by atoms with E-state index in [1.807, 2.05) is 4.90 Å². The average Bonchev–Trinajstić information content (AvgIpc) is 2.34. The molecule has 0 unspecified atom stereocenters. The van der Waals surface area contributed by atoms with Gasteiger partial charge >= 0.3 is 0 Å². The molecule has 1 fully saturated rings. The van der Waals surface area contributed by atoms with Gasteiger partial charge in [0.15, 0.2) is 0 Å². The maximum Gasteiger partial charge on any atom is 0.287 e. The van der Waals surface area contributed by atoms with E-state index in [9.17, 15) is 13.2 Å². The van der Waals surface area contributed by atoms with Crippen LogP contribution in [0.5, 0.6) is 0 Å². The quantitative estimate of drug-likeness (QED) is 0.844. The Labute approximate surface area is 122 Å². The molecule has 0 spiro atoms. The Bertz CT molecular complexity index is 658. The van der Waals surface area contributed by atoms with Gasteiger partial charge in [-0.3, -0.25) is 4.79 Å². The Morgan fingerprint density at radius 1 is 1.50 bits per heavy atom. The second kappa shape index (κ2) is 5.71. The number of aryl methyl sites for hydroxylation is 1. The molecule has 1 saturated heterocycles. The molecule has 1 aromatic rings. The van der Waals surface area contributed by atoms with Crippen LogP contribution in [0.25, 0.3) is 0 Å². The molecule has 0 radical (unpaired) electrons. The lowest BCUT2D eigenvalue weighted by Crippen LogP contribution is -2.48. The highest BCUT2D eigenvalue weighted by Crippen LogP contribution is 2.24. The van der Waals surface area contributed by atoms with Gasteiger partial charge in [0.25, 0.3) is 5.56 Å². The second-order valence-electron chi connectivity index (χ2n) is 4.95. The lowest BCUT2D eigenvalue weighted by Gasteiger charge is -2.34. The van der Waals surface area contributed by atoms with Crippen molar-refractivity contribution in [2.45, 2.75) is 18.9 Å². The molecule has 2 rings (SSSR count). The number of aromatic nitrogens is 2. The number of sulfonamides is 1. The summed E-state index contributed by atoms with van der Waals surface area (Å²) in [5.41, 5.74) is 0.192. The Balaban J connectivity index is 2.21. The van der Waals surface area contributed by atoms with E-state index in [0.29, 0.717) is 12.2 Å². The van der Waals surface area contributed by atoms with Crippen molar-refractivity contribution in [2.75, 3.05) is 24.2 Å². The van der Waals surface area contributed by atoms with Gasteiger partial charge in [0.2, 0.25) is 10.0 Å². The number of hydrogen-bond donors (Lipinski definition) is 1. The molecule has 7 nitrogen and oxygen atoms in total. The molecule has 112 valence electrons. The molecule has 0 aliphatic carbocycles. The van der Waals surface area contributed by atoms with Gasteiger partial charge < -0.3 is 4.90 Å². The molecule has 0 amide bonds. The summed E-state index contributed by atoms with van der Waals surface area (Å²) in [6.45, 7) is 1.19. The summed E-state index contributed by atoms with van der Waals surface area (Å²) in [7, 11) is -1.72. The van der Waals surface area contributed by atoms with Gasteiger partial charge in [-0.1, -0.05) is 11.6 Å². The summed E-state index contributed by atoms with van der Waals surface area (Å²) in [6, 6.07) is -0.182. The van der Waals surface area contributed by atoms with Crippen molar-refractivity contribution < 1.29 is 8.42 Å². The van der Waals surface area contributed by atoms with E-state index in [1.165, 1.54) is 17.9 Å². The predicted molar refractivity (Wildman–Crippen MR) is 77.7 cm³/mol. The molecule has 1 atom stereocenters. The predicted octanol–water partition coefficient (Wildman–Crippen LogP) is -0.0483. The minimum absolute atomic E-state index is 0.113. The molecular formula is C11H17ClN4O3S. The first-order valence-electron chi connectivity index (χ1n) is 6.22. The van der Waals surface area contributed by atoms with Crippen molar-refractivity contribution in [1.29, 1.82) is 0 Å². The fourth-order valence-electron chi connectivity index (χ4n) is 2.32. The molecule has 0 bridgehead atoms. The van der Waals surface area contributed by atoms with E-state index in [4.69, 9.17) is 11.6 Å². The third-order valence-electron chi connectivity index (χ3n) is 3.20. The van der Waals surface area contributed by atoms with Crippen LogP contribution in [-0.4, -0.2) is 43.6 Å². The number of nitrogens with zero attached hydrogens (tertiary/aromatic N) is 3. The molecule has 2 heterocycles. The van der Waals surface area contributed by atoms with Crippen molar-refractivity contribution in [3.63, 3.8) is 0 Å². The third-order valence-corrected chi connectivity index (χ3v) is 4.32. The summed E-state index contributed by atoms with van der Waals surface area (Å²) in [5.74, 6) is 0. The Kier molecular flexibility index (Phi) is 4.36. The maximum atomic E-state index is 11.8. The van der Waals surface area contributed by atoms with Crippen LogP contribution in [0.15, 0.2) is 11.0 Å². The highest BCUT2D eigenvalue weighted by molar-refractivity contribution is 7.88. The van der Waals surface area contributed by atoms with Gasteiger partial charge in [0.1, 0.15) is 5.02 Å². The Morgan fingerprint density at radius 3 is 2.85 bits per heavy atom. The number of halogens is 1. The highest BCUT2D eigenvalue weighted by Gasteiger charge is 2.24. The molecule has 1 aromatic heterocycles. The molecule has 0 saturated carbocycles. The SMILES string of the molecule is Cn1ncc(N2CCC[C@H](NS(C)(=O)=O)C2)c(Cl)c1=O. The zero-order chi connectivity index (χ0) is 14.9. The lowest BCUT2D eigenvalue weighted by atomic mass is 10.1. The third kappa shape index (κ3) is 3.50. The van der Waals surface area contributed by atoms with Crippen LogP contribution in [-0.2, 0) is 17.1 Å². The van der Waals surface area contributed by atoms with Gasteiger partial charge in [-0.05, 0) is 12.8 Å². The normalized spacial score (nSPS) is 20.1. The molecule has 1 aliphatic rings. The van der Waals surface area contributed by atoms with E-state index in [1.54, 1.807) is 0 Å². The molecule has 0 aromatic carbocycles. The summed E-state index contributed by atoms with van der Waals surface area (Å²) in [6.07, 6.45) is 4.25. The van der Waals surface area contributed by atoms with Crippen LogP contribution < -0.4 is 15.2 Å². The lowest BCUT2D eigenvalue weighted by molar-refractivity contribution is 0.467. The molecule has 1 aliphatic heterocycles. The van der Waals surface area contributed by atoms with E-state index < -0.39 is 10.0 Å². The summed E-state index contributed by atoms with van der Waals surface area (Å²) in [4.78, 5) is 13.7. The van der Waals surface area contributed by atoms with Gasteiger partial charge in [-0.2, -0.15) is 5.10 Å². The van der Waals surface area contributed by atoms with Crippen LogP contribution in [0.3, 0.4) is 0 Å². The molecule has 9 heteroatoms. The minimum Gasteiger partial charge on any atom is -0.367 e. The summed E-state index contributed by atoms with van der Waals surface area (Å²) < 4.78 is 26.3. The summed E-state index contributed by atoms with van der Waals surface area (Å²) in [5, 5.41) is 4.07. The number of anilines is 1. The Morgan fingerprint density at radius 2 is 2.20 bits per heavy atom. The van der Waals surface area contributed by atoms with Gasteiger partial charge in [-0.25, -0.2) is 17.8 Å². The van der Waals surface area contributed by atoms with Crippen molar-refractivity contribution >= 4 is 27.3 Å². The second-order valence-corrected chi connectivity index (χ2v) is 7.11. The number of nitrogens with one attached hydrogen (secondary N) is 1. The fraction of sp³-hybridized carbons (Fsp3) is 0.636. The van der Waals surface area contributed by atoms with Crippen molar-refractivity contribution in [1.82, 2.24) is 14.5 Å². The van der Waals surface area contributed by atoms with Crippen molar-refractivity contribution in [2.24, 2.45) is 7.05 Å². The van der Waals surface area contributed by atoms with Gasteiger partial charge in [0, 0.05) is 26.2 Å². The fourth-order valence-corrected chi connectivity index (χ4v) is 3.41. The highest BCUT2D eigenvalue weighted by atomic mass is 35.5. The van der Waals surface area contributed by atoms with E-state index >= 15 is 0 Å². The number of rotatable bonds is 3. The van der Waals surface area contributed by atoms with Crippen molar-refractivity contribution in [3.8, 4) is 0 Å². The zero-order valence-electron chi connectivity index (χ0n) is 11.3. The average molecular weight is 321 g/mol. The zero-order valence-corrected chi connectivity index (χ0v) is 12.9. The number of hydrogen-bond acceptors (Lipinski definition) is 5. The van der Waals surface area contributed by atoms with Crippen LogP contribution in [0.1, 0.15) is 12.8 Å². The summed E-state index contributed by atoms with van der Waals surface area (Å²) >= 11 is 6.06. The van der Waals surface area contributed by atoms with E-state index in [0.717, 1.165) is 25.6 Å². The molecule has 20 heavy (non-hydrogen) atoms. The smallest absolute Gasteiger partial charge is 0.287 e. The Hall–Kier alpha value is -1.12. The van der Waals surface area contributed by atoms with Crippen LogP contribution in [0.4, 0.5) is 5.69 Å². The first-order valence-corrected chi connectivity index (χ1v) is 8.49. The van der Waals surface area contributed by atoms with Crippen LogP contribution in [0.2, 0.25) is 5.02 Å². The maximum absolute atomic E-state index is 11.8.